The van der Waals surface area contributed by atoms with Crippen LogP contribution in [0.15, 0.2) is 18.2 Å². The Hall–Kier alpha value is -2.04. The van der Waals surface area contributed by atoms with Crippen molar-refractivity contribution in [1.82, 2.24) is 4.90 Å². The predicted octanol–water partition coefficient (Wildman–Crippen LogP) is 1.12. The molecule has 0 saturated carbocycles. The van der Waals surface area contributed by atoms with E-state index in [4.69, 9.17) is 9.47 Å². The molecule has 1 aromatic rings. The zero-order valence-electron chi connectivity index (χ0n) is 10.4. The van der Waals surface area contributed by atoms with E-state index in [-0.39, 0.29) is 18.3 Å². The lowest BCUT2D eigenvalue weighted by Gasteiger charge is -2.11. The molecule has 0 atom stereocenters. The van der Waals surface area contributed by atoms with Gasteiger partial charge in [-0.05, 0) is 12.1 Å². The van der Waals surface area contributed by atoms with Gasteiger partial charge >= 0.3 is 0 Å². The third kappa shape index (κ3) is 2.61. The second-order valence-corrected chi connectivity index (χ2v) is 4.26. The zero-order valence-corrected chi connectivity index (χ0v) is 10.4. The monoisotopic (exact) mass is 249 g/mol. The van der Waals surface area contributed by atoms with Gasteiger partial charge in [0.25, 0.3) is 0 Å². The summed E-state index contributed by atoms with van der Waals surface area (Å²) in [5, 5.41) is 0. The quantitative estimate of drug-likeness (QED) is 0.802. The van der Waals surface area contributed by atoms with Crippen molar-refractivity contribution in [2.24, 2.45) is 0 Å². The van der Waals surface area contributed by atoms with Crippen LogP contribution in [0.1, 0.15) is 16.8 Å². The van der Waals surface area contributed by atoms with Crippen LogP contribution in [0, 0.1) is 0 Å². The number of ketones is 1. The smallest absolute Gasteiger partial charge is 0.225 e. The highest BCUT2D eigenvalue weighted by molar-refractivity contribution is 6.02. The van der Waals surface area contributed by atoms with Crippen LogP contribution < -0.4 is 9.47 Å². The highest BCUT2D eigenvalue weighted by Gasteiger charge is 2.21. The van der Waals surface area contributed by atoms with Crippen molar-refractivity contribution in [3.63, 3.8) is 0 Å². The maximum absolute atomic E-state index is 11.3. The second kappa shape index (κ2) is 5.08. The predicted molar refractivity (Wildman–Crippen MR) is 65.1 cm³/mol. The lowest BCUT2D eigenvalue weighted by Crippen LogP contribution is -2.23. The normalized spacial score (nSPS) is 12.9. The van der Waals surface area contributed by atoms with Crippen LogP contribution in [0.2, 0.25) is 0 Å². The van der Waals surface area contributed by atoms with Gasteiger partial charge in [-0.1, -0.05) is 0 Å². The molecule has 2 rings (SSSR count). The van der Waals surface area contributed by atoms with Crippen LogP contribution >= 0.6 is 0 Å². The standard InChI is InChI=1S/C13H15NO4/c1-14(2)13(16)5-6-17-9-3-4-10-11(15)8-18-12(10)7-9/h3-4,7H,5-6,8H2,1-2H3. The minimum Gasteiger partial charge on any atom is -0.493 e. The van der Waals surface area contributed by atoms with Gasteiger partial charge in [-0.2, -0.15) is 0 Å². The molecule has 0 unspecified atom stereocenters. The maximum atomic E-state index is 11.3. The molecule has 1 aliphatic heterocycles. The van der Waals surface area contributed by atoms with Gasteiger partial charge in [-0.15, -0.1) is 0 Å². The fourth-order valence-corrected chi connectivity index (χ4v) is 1.64. The van der Waals surface area contributed by atoms with Crippen molar-refractivity contribution in [3.05, 3.63) is 23.8 Å². The molecule has 18 heavy (non-hydrogen) atoms. The first-order chi connectivity index (χ1) is 8.58. The fraction of sp³-hybridized carbons (Fsp3) is 0.385. The number of amides is 1. The Morgan fingerprint density at radius 3 is 2.94 bits per heavy atom. The van der Waals surface area contributed by atoms with Crippen molar-refractivity contribution in [2.75, 3.05) is 27.3 Å². The summed E-state index contributed by atoms with van der Waals surface area (Å²) in [7, 11) is 3.41. The van der Waals surface area contributed by atoms with E-state index in [1.54, 1.807) is 32.3 Å². The molecule has 5 heteroatoms. The molecule has 1 amide bonds. The summed E-state index contributed by atoms with van der Waals surface area (Å²) in [6.07, 6.45) is 0.323. The largest absolute Gasteiger partial charge is 0.493 e. The maximum Gasteiger partial charge on any atom is 0.225 e. The summed E-state index contributed by atoms with van der Waals surface area (Å²) in [5.41, 5.74) is 0.590. The second-order valence-electron chi connectivity index (χ2n) is 4.26. The third-order valence-corrected chi connectivity index (χ3v) is 2.70. The number of Topliss-reactive ketones (excluding diaryl/α,β-unsaturated/α-hetero) is 1. The Labute approximate surface area is 105 Å². The highest BCUT2D eigenvalue weighted by Crippen LogP contribution is 2.29. The number of rotatable bonds is 4. The lowest BCUT2D eigenvalue weighted by atomic mass is 10.1. The molecule has 1 heterocycles. The summed E-state index contributed by atoms with van der Waals surface area (Å²) < 4.78 is 10.7. The van der Waals surface area contributed by atoms with E-state index >= 15 is 0 Å². The molecule has 1 aromatic carbocycles. The van der Waals surface area contributed by atoms with E-state index < -0.39 is 0 Å². The molecule has 1 aliphatic rings. The highest BCUT2D eigenvalue weighted by atomic mass is 16.5. The minimum absolute atomic E-state index is 0.0145. The van der Waals surface area contributed by atoms with Crippen LogP contribution in [0.4, 0.5) is 0 Å². The molecule has 0 aromatic heterocycles. The molecule has 0 fully saturated rings. The van der Waals surface area contributed by atoms with E-state index in [0.717, 1.165) is 0 Å². The number of fused-ring (bicyclic) bond motifs is 1. The summed E-state index contributed by atoms with van der Waals surface area (Å²) >= 11 is 0. The third-order valence-electron chi connectivity index (χ3n) is 2.70. The number of nitrogens with zero attached hydrogens (tertiary/aromatic N) is 1. The van der Waals surface area contributed by atoms with Crippen molar-refractivity contribution < 1.29 is 19.1 Å². The number of benzene rings is 1. The molecular formula is C13H15NO4. The first kappa shape index (κ1) is 12.4. The molecule has 0 bridgehead atoms. The van der Waals surface area contributed by atoms with Crippen molar-refractivity contribution >= 4 is 11.7 Å². The first-order valence-electron chi connectivity index (χ1n) is 5.71. The van der Waals surface area contributed by atoms with Gasteiger partial charge < -0.3 is 14.4 Å². The lowest BCUT2D eigenvalue weighted by molar-refractivity contribution is -0.129. The topological polar surface area (TPSA) is 55.8 Å². The van der Waals surface area contributed by atoms with Crippen LogP contribution in [-0.2, 0) is 4.79 Å². The van der Waals surface area contributed by atoms with Gasteiger partial charge in [-0.3, -0.25) is 9.59 Å². The van der Waals surface area contributed by atoms with Crippen LogP contribution in [0.5, 0.6) is 11.5 Å². The van der Waals surface area contributed by atoms with Crippen LogP contribution in [0.25, 0.3) is 0 Å². The number of carbonyl (C=O) groups excluding carboxylic acids is 2. The summed E-state index contributed by atoms with van der Waals surface area (Å²) in [6, 6.07) is 5.08. The molecule has 5 nitrogen and oxygen atoms in total. The Morgan fingerprint density at radius 2 is 2.22 bits per heavy atom. The molecule has 0 aliphatic carbocycles. The number of hydrogen-bond donors (Lipinski definition) is 0. The summed E-state index contributed by atoms with van der Waals surface area (Å²) in [6.45, 7) is 0.404. The SMILES string of the molecule is CN(C)C(=O)CCOc1ccc2c(c1)OCC2=O. The van der Waals surface area contributed by atoms with Crippen LogP contribution in [-0.4, -0.2) is 43.9 Å². The van der Waals surface area contributed by atoms with Gasteiger partial charge in [0.05, 0.1) is 18.6 Å². The average Bonchev–Trinajstić information content (AvgIpc) is 2.70. The molecule has 0 saturated heterocycles. The molecule has 0 N–H and O–H groups in total. The fourth-order valence-electron chi connectivity index (χ4n) is 1.64. The summed E-state index contributed by atoms with van der Waals surface area (Å²) in [4.78, 5) is 24.2. The number of carbonyl (C=O) groups is 2. The van der Waals surface area contributed by atoms with E-state index in [0.29, 0.717) is 30.1 Å². The van der Waals surface area contributed by atoms with Crippen molar-refractivity contribution in [3.8, 4) is 11.5 Å². The van der Waals surface area contributed by atoms with E-state index in [9.17, 15) is 9.59 Å². The average molecular weight is 249 g/mol. The van der Waals surface area contributed by atoms with Gasteiger partial charge in [0.2, 0.25) is 11.7 Å². The van der Waals surface area contributed by atoms with Crippen LogP contribution in [0.3, 0.4) is 0 Å². The minimum atomic E-state index is -0.0145. The van der Waals surface area contributed by atoms with Crippen molar-refractivity contribution in [2.45, 2.75) is 6.42 Å². The molecule has 0 spiro atoms. The Morgan fingerprint density at radius 1 is 1.44 bits per heavy atom. The first-order valence-corrected chi connectivity index (χ1v) is 5.71. The van der Waals surface area contributed by atoms with Gasteiger partial charge in [0.15, 0.2) is 6.61 Å². The number of ether oxygens (including phenoxy) is 2. The van der Waals surface area contributed by atoms with Crippen molar-refractivity contribution in [1.29, 1.82) is 0 Å². The molecular weight excluding hydrogens is 234 g/mol. The Balaban J connectivity index is 1.92. The van der Waals surface area contributed by atoms with Gasteiger partial charge in [0, 0.05) is 20.2 Å². The molecule has 0 radical (unpaired) electrons. The van der Waals surface area contributed by atoms with E-state index in [2.05, 4.69) is 0 Å². The molecule has 96 valence electrons. The van der Waals surface area contributed by atoms with E-state index in [1.807, 2.05) is 0 Å². The summed E-state index contributed by atoms with van der Waals surface area (Å²) in [5.74, 6) is 1.16. The van der Waals surface area contributed by atoms with E-state index in [1.165, 1.54) is 4.90 Å². The Bertz CT molecular complexity index is 482. The Kier molecular flexibility index (Phi) is 3.50. The van der Waals surface area contributed by atoms with Gasteiger partial charge in [0.1, 0.15) is 11.5 Å². The van der Waals surface area contributed by atoms with Gasteiger partial charge in [-0.25, -0.2) is 0 Å². The number of hydrogen-bond acceptors (Lipinski definition) is 4. The zero-order chi connectivity index (χ0) is 13.1.